The van der Waals surface area contributed by atoms with Gasteiger partial charge >= 0.3 is 0 Å². The van der Waals surface area contributed by atoms with E-state index in [0.717, 1.165) is 30.2 Å². The second-order valence-corrected chi connectivity index (χ2v) is 8.50. The fraction of sp³-hybridized carbons (Fsp3) is 0.333. The van der Waals surface area contributed by atoms with Crippen LogP contribution in [-0.2, 0) is 0 Å². The molecule has 2 amide bonds. The van der Waals surface area contributed by atoms with Crippen molar-refractivity contribution in [3.8, 4) is 11.5 Å². The monoisotopic (exact) mass is 432 g/mol. The Bertz CT molecular complexity index is 960. The summed E-state index contributed by atoms with van der Waals surface area (Å²) in [6, 6.07) is 8.52. The number of carbonyl (C=O) groups excluding carboxylic acids is 2. The summed E-state index contributed by atoms with van der Waals surface area (Å²) in [4.78, 5) is 27.3. The Morgan fingerprint density at radius 3 is 2.59 bits per heavy atom. The van der Waals surface area contributed by atoms with Crippen molar-refractivity contribution in [1.29, 1.82) is 0 Å². The molecule has 1 saturated heterocycles. The van der Waals surface area contributed by atoms with Crippen LogP contribution in [-0.4, -0.2) is 54.5 Å². The highest BCUT2D eigenvalue weighted by Crippen LogP contribution is 2.38. The van der Waals surface area contributed by atoms with Gasteiger partial charge in [-0.1, -0.05) is 11.6 Å². The lowest BCUT2D eigenvalue weighted by molar-refractivity contribution is 0.0772. The third-order valence-electron chi connectivity index (χ3n) is 4.88. The Balaban J connectivity index is 1.50. The Morgan fingerprint density at radius 1 is 1.07 bits per heavy atom. The maximum absolute atomic E-state index is 12.7. The van der Waals surface area contributed by atoms with E-state index in [1.54, 1.807) is 24.3 Å². The second kappa shape index (κ2) is 8.55. The molecule has 1 N–H and O–H groups in total. The van der Waals surface area contributed by atoms with Crippen molar-refractivity contribution in [2.24, 2.45) is 0 Å². The van der Waals surface area contributed by atoms with Gasteiger partial charge in [-0.15, -0.1) is 0 Å². The zero-order chi connectivity index (χ0) is 20.4. The van der Waals surface area contributed by atoms with Gasteiger partial charge in [-0.3, -0.25) is 9.59 Å². The minimum Gasteiger partial charge on any atom is -0.486 e. The molecule has 0 radical (unpaired) electrons. The van der Waals surface area contributed by atoms with Gasteiger partial charge in [0.1, 0.15) is 13.2 Å². The van der Waals surface area contributed by atoms with E-state index in [0.29, 0.717) is 46.5 Å². The minimum atomic E-state index is -0.306. The van der Waals surface area contributed by atoms with E-state index in [1.807, 2.05) is 29.7 Å². The predicted molar refractivity (Wildman–Crippen MR) is 115 cm³/mol. The Morgan fingerprint density at radius 2 is 1.83 bits per heavy atom. The first kappa shape index (κ1) is 19.9. The molecule has 2 heterocycles. The smallest absolute Gasteiger partial charge is 0.255 e. The maximum Gasteiger partial charge on any atom is 0.255 e. The highest BCUT2D eigenvalue weighted by atomic mass is 35.5. The van der Waals surface area contributed by atoms with Crippen molar-refractivity contribution < 1.29 is 19.1 Å². The molecule has 2 aliphatic rings. The fourth-order valence-corrected chi connectivity index (χ4v) is 4.49. The standard InChI is InChI=1S/C21H21ClN2O4S/c1-13-10-14(21(26)24-4-8-29-9-5-24)2-3-17(13)23-20(25)15-11-16(22)19-18(12-15)27-6-7-28-19/h2-3,10-12H,4-9H2,1H3,(H,23,25). The lowest BCUT2D eigenvalue weighted by Gasteiger charge is -2.26. The molecule has 0 unspecified atom stereocenters. The first-order chi connectivity index (χ1) is 14.0. The third-order valence-corrected chi connectivity index (χ3v) is 6.10. The van der Waals surface area contributed by atoms with Gasteiger partial charge in [-0.2, -0.15) is 11.8 Å². The molecular weight excluding hydrogens is 412 g/mol. The number of aryl methyl sites for hydroxylation is 1. The van der Waals surface area contributed by atoms with Gasteiger partial charge < -0.3 is 19.7 Å². The van der Waals surface area contributed by atoms with Crippen molar-refractivity contribution in [1.82, 2.24) is 4.90 Å². The molecule has 152 valence electrons. The van der Waals surface area contributed by atoms with Crippen molar-refractivity contribution in [3.05, 3.63) is 52.0 Å². The van der Waals surface area contributed by atoms with Gasteiger partial charge in [0.05, 0.1) is 5.02 Å². The van der Waals surface area contributed by atoms with Crippen LogP contribution in [0.4, 0.5) is 5.69 Å². The van der Waals surface area contributed by atoms with Crippen molar-refractivity contribution >= 4 is 40.9 Å². The highest BCUT2D eigenvalue weighted by Gasteiger charge is 2.21. The number of nitrogens with one attached hydrogen (secondary N) is 1. The number of hydrogen-bond acceptors (Lipinski definition) is 5. The molecule has 6 nitrogen and oxygen atoms in total. The lowest BCUT2D eigenvalue weighted by atomic mass is 10.1. The summed E-state index contributed by atoms with van der Waals surface area (Å²) in [6.07, 6.45) is 0. The normalized spacial score (nSPS) is 15.7. The molecule has 0 aromatic heterocycles. The summed E-state index contributed by atoms with van der Waals surface area (Å²) in [6.45, 7) is 4.25. The van der Waals surface area contributed by atoms with Crippen LogP contribution in [0.15, 0.2) is 30.3 Å². The number of rotatable bonds is 3. The van der Waals surface area contributed by atoms with E-state index < -0.39 is 0 Å². The molecule has 2 aliphatic heterocycles. The van der Waals surface area contributed by atoms with Crippen molar-refractivity contribution in [3.63, 3.8) is 0 Å². The average Bonchev–Trinajstić information content (AvgIpc) is 2.75. The van der Waals surface area contributed by atoms with Crippen LogP contribution in [0.3, 0.4) is 0 Å². The quantitative estimate of drug-likeness (QED) is 0.797. The minimum absolute atomic E-state index is 0.0323. The molecule has 0 atom stereocenters. The molecule has 0 saturated carbocycles. The van der Waals surface area contributed by atoms with Gasteiger partial charge in [0.2, 0.25) is 0 Å². The van der Waals surface area contributed by atoms with E-state index in [-0.39, 0.29) is 11.8 Å². The van der Waals surface area contributed by atoms with Crippen LogP contribution in [0.5, 0.6) is 11.5 Å². The topological polar surface area (TPSA) is 67.9 Å². The first-order valence-corrected chi connectivity index (χ1v) is 10.9. The summed E-state index contributed by atoms with van der Waals surface area (Å²) in [7, 11) is 0. The molecule has 29 heavy (non-hydrogen) atoms. The van der Waals surface area contributed by atoms with E-state index in [1.165, 1.54) is 0 Å². The van der Waals surface area contributed by atoms with Gasteiger partial charge in [0, 0.05) is 41.4 Å². The zero-order valence-corrected chi connectivity index (χ0v) is 17.6. The Kier molecular flexibility index (Phi) is 5.87. The van der Waals surface area contributed by atoms with Crippen LogP contribution in [0, 0.1) is 6.92 Å². The Hall–Kier alpha value is -2.38. The van der Waals surface area contributed by atoms with Crippen molar-refractivity contribution in [2.45, 2.75) is 6.92 Å². The predicted octanol–water partition coefficient (Wildman–Crippen LogP) is 3.86. The summed E-state index contributed by atoms with van der Waals surface area (Å²) >= 11 is 8.09. The summed E-state index contributed by atoms with van der Waals surface area (Å²) in [5.74, 6) is 2.59. The van der Waals surface area contributed by atoms with E-state index >= 15 is 0 Å². The summed E-state index contributed by atoms with van der Waals surface area (Å²) in [5.41, 5.74) is 2.48. The number of anilines is 1. The SMILES string of the molecule is Cc1cc(C(=O)N2CCSCC2)ccc1NC(=O)c1cc(Cl)c2c(c1)OCCO2. The number of thioether (sulfide) groups is 1. The summed E-state index contributed by atoms with van der Waals surface area (Å²) in [5, 5.41) is 3.22. The van der Waals surface area contributed by atoms with Crippen LogP contribution in [0.25, 0.3) is 0 Å². The van der Waals surface area contributed by atoms with Gasteiger partial charge in [-0.05, 0) is 42.8 Å². The summed E-state index contributed by atoms with van der Waals surface area (Å²) < 4.78 is 11.0. The molecule has 0 bridgehead atoms. The largest absolute Gasteiger partial charge is 0.486 e. The number of hydrogen-bond donors (Lipinski definition) is 1. The fourth-order valence-electron chi connectivity index (χ4n) is 3.32. The zero-order valence-electron chi connectivity index (χ0n) is 16.0. The van der Waals surface area contributed by atoms with Gasteiger partial charge in [0.25, 0.3) is 11.8 Å². The van der Waals surface area contributed by atoms with Crippen LogP contribution >= 0.6 is 23.4 Å². The first-order valence-electron chi connectivity index (χ1n) is 9.41. The molecule has 2 aromatic carbocycles. The maximum atomic E-state index is 12.7. The highest BCUT2D eigenvalue weighted by molar-refractivity contribution is 7.99. The average molecular weight is 433 g/mol. The van der Waals surface area contributed by atoms with Crippen LogP contribution in [0.1, 0.15) is 26.3 Å². The van der Waals surface area contributed by atoms with Crippen molar-refractivity contribution in [2.75, 3.05) is 43.1 Å². The number of fused-ring (bicyclic) bond motifs is 1. The molecule has 0 aliphatic carbocycles. The number of ether oxygens (including phenoxy) is 2. The van der Waals surface area contributed by atoms with Crippen LogP contribution < -0.4 is 14.8 Å². The van der Waals surface area contributed by atoms with E-state index in [2.05, 4.69) is 5.32 Å². The number of halogens is 1. The number of amides is 2. The third kappa shape index (κ3) is 4.31. The second-order valence-electron chi connectivity index (χ2n) is 6.87. The molecule has 8 heteroatoms. The molecular formula is C21H21ClN2O4S. The van der Waals surface area contributed by atoms with E-state index in [4.69, 9.17) is 21.1 Å². The molecule has 2 aromatic rings. The Labute approximate surface area is 178 Å². The number of nitrogens with zero attached hydrogens (tertiary/aromatic N) is 1. The van der Waals surface area contributed by atoms with Gasteiger partial charge in [0.15, 0.2) is 11.5 Å². The lowest BCUT2D eigenvalue weighted by Crippen LogP contribution is -2.37. The molecule has 4 rings (SSSR count). The van der Waals surface area contributed by atoms with Gasteiger partial charge in [-0.25, -0.2) is 0 Å². The molecule has 0 spiro atoms. The number of benzene rings is 2. The number of carbonyl (C=O) groups is 2. The van der Waals surface area contributed by atoms with E-state index in [9.17, 15) is 9.59 Å². The molecule has 1 fully saturated rings. The van der Waals surface area contributed by atoms with Crippen LogP contribution in [0.2, 0.25) is 5.02 Å².